The van der Waals surface area contributed by atoms with Crippen molar-refractivity contribution in [3.63, 3.8) is 0 Å². The quantitative estimate of drug-likeness (QED) is 0.687. The lowest BCUT2D eigenvalue weighted by Crippen LogP contribution is -2.25. The topological polar surface area (TPSA) is 61.4 Å². The number of carbonyl (C=O) groups is 1. The summed E-state index contributed by atoms with van der Waals surface area (Å²) in [7, 11) is 0. The Morgan fingerprint density at radius 1 is 1.29 bits per heavy atom. The molecule has 0 radical (unpaired) electrons. The molecule has 1 aliphatic heterocycles. The number of anilines is 1. The summed E-state index contributed by atoms with van der Waals surface area (Å²) in [6.07, 6.45) is 0.893. The number of aromatic hydroxyl groups is 1. The number of rotatable bonds is 2. The highest BCUT2D eigenvalue weighted by Gasteiger charge is 2.16. The summed E-state index contributed by atoms with van der Waals surface area (Å²) in [6.45, 7) is 1.74. The molecular formula is C16H15IN2O2. The van der Waals surface area contributed by atoms with Crippen LogP contribution in [-0.2, 0) is 13.0 Å². The average Bonchev–Trinajstić information content (AvgIpc) is 2.50. The second kappa shape index (κ2) is 6.03. The molecule has 2 aromatic rings. The fourth-order valence-corrected chi connectivity index (χ4v) is 3.02. The number of benzene rings is 2. The maximum Gasteiger partial charge on any atom is 0.259 e. The first-order valence-corrected chi connectivity index (χ1v) is 7.84. The second-order valence-electron chi connectivity index (χ2n) is 4.99. The first-order chi connectivity index (χ1) is 10.1. The van der Waals surface area contributed by atoms with Crippen LogP contribution in [0.25, 0.3) is 0 Å². The molecule has 21 heavy (non-hydrogen) atoms. The van der Waals surface area contributed by atoms with E-state index in [2.05, 4.69) is 39.3 Å². The van der Waals surface area contributed by atoms with Crippen LogP contribution >= 0.6 is 22.6 Å². The lowest BCUT2D eigenvalue weighted by molar-refractivity contribution is 0.102. The highest BCUT2D eigenvalue weighted by atomic mass is 127. The SMILES string of the molecule is O=C(Nc1cccc2c1CCNC2)c1cc(I)ccc1O. The molecule has 0 fully saturated rings. The summed E-state index contributed by atoms with van der Waals surface area (Å²) in [5.74, 6) is -0.280. The molecule has 1 heterocycles. The lowest BCUT2D eigenvalue weighted by atomic mass is 9.99. The van der Waals surface area contributed by atoms with Gasteiger partial charge in [0.05, 0.1) is 5.56 Å². The molecule has 0 saturated heterocycles. The summed E-state index contributed by atoms with van der Waals surface area (Å²) in [6, 6.07) is 10.9. The van der Waals surface area contributed by atoms with Crippen LogP contribution in [0.2, 0.25) is 0 Å². The molecule has 1 amide bonds. The fourth-order valence-electron chi connectivity index (χ4n) is 2.53. The van der Waals surface area contributed by atoms with Crippen molar-refractivity contribution in [2.45, 2.75) is 13.0 Å². The largest absolute Gasteiger partial charge is 0.507 e. The van der Waals surface area contributed by atoms with Gasteiger partial charge in [-0.15, -0.1) is 0 Å². The molecule has 0 aromatic heterocycles. The van der Waals surface area contributed by atoms with Gasteiger partial charge in [-0.25, -0.2) is 0 Å². The van der Waals surface area contributed by atoms with E-state index in [1.165, 1.54) is 11.1 Å². The third-order valence-corrected chi connectivity index (χ3v) is 4.26. The van der Waals surface area contributed by atoms with Crippen LogP contribution in [0.4, 0.5) is 5.69 Å². The molecule has 3 rings (SSSR count). The van der Waals surface area contributed by atoms with Gasteiger partial charge in [-0.3, -0.25) is 4.79 Å². The van der Waals surface area contributed by atoms with Crippen LogP contribution in [0.1, 0.15) is 21.5 Å². The second-order valence-corrected chi connectivity index (χ2v) is 6.23. The Morgan fingerprint density at radius 3 is 3.00 bits per heavy atom. The summed E-state index contributed by atoms with van der Waals surface area (Å²) in [5, 5.41) is 16.1. The molecule has 4 nitrogen and oxygen atoms in total. The lowest BCUT2D eigenvalue weighted by Gasteiger charge is -2.20. The fraction of sp³-hybridized carbons (Fsp3) is 0.188. The molecular weight excluding hydrogens is 379 g/mol. The van der Waals surface area contributed by atoms with Gasteiger partial charge in [-0.05, 0) is 70.9 Å². The van der Waals surface area contributed by atoms with Crippen LogP contribution in [0.15, 0.2) is 36.4 Å². The van der Waals surface area contributed by atoms with E-state index in [0.717, 1.165) is 28.8 Å². The molecule has 5 heteroatoms. The van der Waals surface area contributed by atoms with Crippen LogP contribution in [0.3, 0.4) is 0 Å². The standard InChI is InChI=1S/C16H15IN2O2/c17-11-4-5-15(20)13(8-11)16(21)19-14-3-1-2-10-9-18-7-6-12(10)14/h1-5,8,18,20H,6-7,9H2,(H,19,21). The molecule has 108 valence electrons. The molecule has 0 bridgehead atoms. The zero-order valence-corrected chi connectivity index (χ0v) is 13.5. The van der Waals surface area contributed by atoms with Crippen LogP contribution in [-0.4, -0.2) is 17.6 Å². The number of halogens is 1. The van der Waals surface area contributed by atoms with Crippen molar-refractivity contribution >= 4 is 34.2 Å². The number of phenolic OH excluding ortho intramolecular Hbond substituents is 1. The number of phenols is 1. The smallest absolute Gasteiger partial charge is 0.259 e. The van der Waals surface area contributed by atoms with Gasteiger partial charge in [0.25, 0.3) is 5.91 Å². The van der Waals surface area contributed by atoms with Crippen molar-refractivity contribution in [2.75, 3.05) is 11.9 Å². The Kier molecular flexibility index (Phi) is 4.12. The van der Waals surface area contributed by atoms with E-state index in [4.69, 9.17) is 0 Å². The van der Waals surface area contributed by atoms with E-state index in [9.17, 15) is 9.90 Å². The van der Waals surface area contributed by atoms with E-state index in [1.807, 2.05) is 12.1 Å². The van der Waals surface area contributed by atoms with Gasteiger partial charge in [0, 0.05) is 15.8 Å². The highest BCUT2D eigenvalue weighted by molar-refractivity contribution is 14.1. The van der Waals surface area contributed by atoms with Crippen LogP contribution < -0.4 is 10.6 Å². The summed E-state index contributed by atoms with van der Waals surface area (Å²) in [5.41, 5.74) is 3.52. The molecule has 1 aliphatic rings. The number of amides is 1. The molecule has 0 saturated carbocycles. The Hall–Kier alpha value is -1.60. The van der Waals surface area contributed by atoms with E-state index in [1.54, 1.807) is 18.2 Å². The Bertz CT molecular complexity index is 701. The first kappa shape index (κ1) is 14.3. The maximum atomic E-state index is 12.4. The zero-order chi connectivity index (χ0) is 14.8. The van der Waals surface area contributed by atoms with E-state index >= 15 is 0 Å². The van der Waals surface area contributed by atoms with Gasteiger partial charge < -0.3 is 15.7 Å². The summed E-state index contributed by atoms with van der Waals surface area (Å²) >= 11 is 2.12. The number of hydrogen-bond donors (Lipinski definition) is 3. The Balaban J connectivity index is 1.90. The minimum absolute atomic E-state index is 0.000573. The van der Waals surface area contributed by atoms with E-state index in [-0.39, 0.29) is 11.7 Å². The molecule has 0 unspecified atom stereocenters. The van der Waals surface area contributed by atoms with E-state index < -0.39 is 0 Å². The van der Waals surface area contributed by atoms with Gasteiger partial charge >= 0.3 is 0 Å². The van der Waals surface area contributed by atoms with Gasteiger partial charge in [0.15, 0.2) is 0 Å². The van der Waals surface area contributed by atoms with Crippen molar-refractivity contribution in [3.05, 3.63) is 56.7 Å². The van der Waals surface area contributed by atoms with E-state index in [0.29, 0.717) is 5.56 Å². The van der Waals surface area contributed by atoms with Gasteiger partial charge in [0.1, 0.15) is 5.75 Å². The van der Waals surface area contributed by atoms with Crippen molar-refractivity contribution in [1.82, 2.24) is 5.32 Å². The van der Waals surface area contributed by atoms with Crippen LogP contribution in [0, 0.1) is 3.57 Å². The third kappa shape index (κ3) is 3.03. The van der Waals surface area contributed by atoms with Gasteiger partial charge in [0.2, 0.25) is 0 Å². The van der Waals surface area contributed by atoms with Crippen molar-refractivity contribution in [1.29, 1.82) is 0 Å². The number of hydrogen-bond acceptors (Lipinski definition) is 3. The summed E-state index contributed by atoms with van der Waals surface area (Å²) < 4.78 is 0.912. The maximum absolute atomic E-state index is 12.4. The predicted molar refractivity (Wildman–Crippen MR) is 90.6 cm³/mol. The summed E-state index contributed by atoms with van der Waals surface area (Å²) in [4.78, 5) is 12.4. The zero-order valence-electron chi connectivity index (χ0n) is 11.3. The Labute approximate surface area is 136 Å². The average molecular weight is 394 g/mol. The normalized spacial score (nSPS) is 13.6. The van der Waals surface area contributed by atoms with Crippen molar-refractivity contribution in [3.8, 4) is 5.75 Å². The predicted octanol–water partition coefficient (Wildman–Crippen LogP) is 2.89. The molecule has 0 aliphatic carbocycles. The third-order valence-electron chi connectivity index (χ3n) is 3.59. The number of fused-ring (bicyclic) bond motifs is 1. The Morgan fingerprint density at radius 2 is 2.14 bits per heavy atom. The van der Waals surface area contributed by atoms with Gasteiger partial charge in [-0.1, -0.05) is 12.1 Å². The number of nitrogens with one attached hydrogen (secondary N) is 2. The van der Waals surface area contributed by atoms with Crippen molar-refractivity contribution < 1.29 is 9.90 Å². The van der Waals surface area contributed by atoms with Gasteiger partial charge in [-0.2, -0.15) is 0 Å². The minimum Gasteiger partial charge on any atom is -0.507 e. The molecule has 0 spiro atoms. The van der Waals surface area contributed by atoms with Crippen molar-refractivity contribution in [2.24, 2.45) is 0 Å². The number of carbonyl (C=O) groups excluding carboxylic acids is 1. The minimum atomic E-state index is -0.280. The molecule has 0 atom stereocenters. The molecule has 2 aromatic carbocycles. The highest BCUT2D eigenvalue weighted by Crippen LogP contribution is 2.25. The first-order valence-electron chi connectivity index (χ1n) is 6.76. The monoisotopic (exact) mass is 394 g/mol. The van der Waals surface area contributed by atoms with Crippen LogP contribution in [0.5, 0.6) is 5.75 Å². The molecule has 3 N–H and O–H groups in total.